The number of hydrogen-bond acceptors (Lipinski definition) is 3. The van der Waals surface area contributed by atoms with Crippen LogP contribution in [0, 0.1) is 5.92 Å². The maximum Gasteiger partial charge on any atom is 0.0726 e. The lowest BCUT2D eigenvalue weighted by atomic mass is 10.2. The molecule has 0 aliphatic carbocycles. The molecule has 0 aromatic carbocycles. The van der Waals surface area contributed by atoms with Crippen LogP contribution >= 0.6 is 0 Å². The molecular formula is C9H17N3O. The Morgan fingerprint density at radius 3 is 3.00 bits per heavy atom. The molecule has 4 heteroatoms. The molecule has 0 bridgehead atoms. The summed E-state index contributed by atoms with van der Waals surface area (Å²) in [6.45, 7) is 3.85. The SMILES string of the molecule is COCC(C)CNc1cnn(C)c1. The number of nitrogens with one attached hydrogen (secondary N) is 1. The molecule has 1 rings (SSSR count). The third-order valence-electron chi connectivity index (χ3n) is 1.81. The first-order chi connectivity index (χ1) is 6.22. The van der Waals surface area contributed by atoms with Crippen molar-refractivity contribution in [3.63, 3.8) is 0 Å². The normalized spacial score (nSPS) is 12.8. The molecule has 13 heavy (non-hydrogen) atoms. The quantitative estimate of drug-likeness (QED) is 0.743. The maximum atomic E-state index is 5.04. The summed E-state index contributed by atoms with van der Waals surface area (Å²) in [7, 11) is 3.63. The van der Waals surface area contributed by atoms with Gasteiger partial charge in [0.15, 0.2) is 0 Å². The summed E-state index contributed by atoms with van der Waals surface area (Å²) < 4.78 is 6.82. The molecule has 0 amide bonds. The Bertz CT molecular complexity index is 247. The fraction of sp³-hybridized carbons (Fsp3) is 0.667. The zero-order valence-corrected chi connectivity index (χ0v) is 8.45. The van der Waals surface area contributed by atoms with E-state index in [4.69, 9.17) is 4.74 Å². The molecule has 1 unspecified atom stereocenters. The molecule has 0 fully saturated rings. The molecule has 0 aliphatic rings. The number of anilines is 1. The zero-order chi connectivity index (χ0) is 9.68. The number of methoxy groups -OCH3 is 1. The third kappa shape index (κ3) is 3.46. The van der Waals surface area contributed by atoms with E-state index in [1.165, 1.54) is 0 Å². The molecule has 74 valence electrons. The van der Waals surface area contributed by atoms with Crippen molar-refractivity contribution in [1.29, 1.82) is 0 Å². The van der Waals surface area contributed by atoms with Crippen LogP contribution in [-0.2, 0) is 11.8 Å². The minimum Gasteiger partial charge on any atom is -0.384 e. The summed E-state index contributed by atoms with van der Waals surface area (Å²) >= 11 is 0. The molecule has 0 saturated carbocycles. The molecule has 0 aliphatic heterocycles. The molecule has 1 N–H and O–H groups in total. The van der Waals surface area contributed by atoms with E-state index in [1.54, 1.807) is 11.8 Å². The molecule has 1 atom stereocenters. The summed E-state index contributed by atoms with van der Waals surface area (Å²) in [5, 5.41) is 7.35. The van der Waals surface area contributed by atoms with Gasteiger partial charge in [-0.3, -0.25) is 4.68 Å². The highest BCUT2D eigenvalue weighted by molar-refractivity contribution is 5.37. The lowest BCUT2D eigenvalue weighted by molar-refractivity contribution is 0.164. The van der Waals surface area contributed by atoms with Gasteiger partial charge < -0.3 is 10.1 Å². The molecule has 1 aromatic rings. The van der Waals surface area contributed by atoms with E-state index in [2.05, 4.69) is 17.3 Å². The minimum atomic E-state index is 0.519. The van der Waals surface area contributed by atoms with Crippen molar-refractivity contribution in [3.8, 4) is 0 Å². The lowest BCUT2D eigenvalue weighted by Crippen LogP contribution is -2.15. The second kappa shape index (κ2) is 4.87. The van der Waals surface area contributed by atoms with Crippen molar-refractivity contribution < 1.29 is 4.74 Å². The molecule has 1 heterocycles. The van der Waals surface area contributed by atoms with E-state index in [1.807, 2.05) is 19.4 Å². The van der Waals surface area contributed by atoms with Crippen molar-refractivity contribution in [3.05, 3.63) is 12.4 Å². The number of hydrogen-bond donors (Lipinski definition) is 1. The van der Waals surface area contributed by atoms with Gasteiger partial charge in [-0.1, -0.05) is 6.92 Å². The summed E-state index contributed by atoms with van der Waals surface area (Å²) in [5.74, 6) is 0.519. The van der Waals surface area contributed by atoms with E-state index >= 15 is 0 Å². The van der Waals surface area contributed by atoms with Gasteiger partial charge in [0, 0.05) is 26.9 Å². The van der Waals surface area contributed by atoms with Gasteiger partial charge in [-0.15, -0.1) is 0 Å². The molecule has 0 spiro atoms. The number of rotatable bonds is 5. The second-order valence-electron chi connectivity index (χ2n) is 3.34. The highest BCUT2D eigenvalue weighted by Gasteiger charge is 2.01. The third-order valence-corrected chi connectivity index (χ3v) is 1.81. The van der Waals surface area contributed by atoms with Crippen LogP contribution in [0.4, 0.5) is 5.69 Å². The highest BCUT2D eigenvalue weighted by atomic mass is 16.5. The summed E-state index contributed by atoms with van der Waals surface area (Å²) in [5.41, 5.74) is 1.06. The van der Waals surface area contributed by atoms with Crippen molar-refractivity contribution in [2.24, 2.45) is 13.0 Å². The summed E-state index contributed by atoms with van der Waals surface area (Å²) in [6.07, 6.45) is 3.78. The van der Waals surface area contributed by atoms with Gasteiger partial charge in [-0.25, -0.2) is 0 Å². The standard InChI is InChI=1S/C9H17N3O/c1-8(7-13-3)4-10-9-5-11-12(2)6-9/h5-6,8,10H,4,7H2,1-3H3. The number of aryl methyl sites for hydroxylation is 1. The maximum absolute atomic E-state index is 5.04. The summed E-state index contributed by atoms with van der Waals surface area (Å²) in [6, 6.07) is 0. The number of ether oxygens (including phenoxy) is 1. The monoisotopic (exact) mass is 183 g/mol. The van der Waals surface area contributed by atoms with E-state index in [9.17, 15) is 0 Å². The number of nitrogens with zero attached hydrogens (tertiary/aromatic N) is 2. The van der Waals surface area contributed by atoms with Crippen LogP contribution < -0.4 is 5.32 Å². The van der Waals surface area contributed by atoms with Crippen molar-refractivity contribution in [1.82, 2.24) is 9.78 Å². The van der Waals surface area contributed by atoms with Crippen molar-refractivity contribution in [2.45, 2.75) is 6.92 Å². The van der Waals surface area contributed by atoms with Crippen LogP contribution in [0.5, 0.6) is 0 Å². The molecule has 4 nitrogen and oxygen atoms in total. The van der Waals surface area contributed by atoms with Crippen LogP contribution in [0.1, 0.15) is 6.92 Å². The van der Waals surface area contributed by atoms with E-state index in [0.29, 0.717) is 5.92 Å². The predicted molar refractivity (Wildman–Crippen MR) is 52.7 cm³/mol. The lowest BCUT2D eigenvalue weighted by Gasteiger charge is -2.10. The fourth-order valence-electron chi connectivity index (χ4n) is 1.15. The first-order valence-corrected chi connectivity index (χ1v) is 4.44. The largest absolute Gasteiger partial charge is 0.384 e. The summed E-state index contributed by atoms with van der Waals surface area (Å²) in [4.78, 5) is 0. The van der Waals surface area contributed by atoms with E-state index < -0.39 is 0 Å². The van der Waals surface area contributed by atoms with Crippen LogP contribution in [0.3, 0.4) is 0 Å². The predicted octanol–water partition coefficient (Wildman–Crippen LogP) is 1.11. The van der Waals surface area contributed by atoms with Gasteiger partial charge in [-0.2, -0.15) is 5.10 Å². The molecule has 0 saturated heterocycles. The minimum absolute atomic E-state index is 0.519. The van der Waals surface area contributed by atoms with Crippen molar-refractivity contribution in [2.75, 3.05) is 25.6 Å². The topological polar surface area (TPSA) is 39.1 Å². The molecule has 0 radical (unpaired) electrons. The van der Waals surface area contributed by atoms with E-state index in [0.717, 1.165) is 18.8 Å². The molecular weight excluding hydrogens is 166 g/mol. The Morgan fingerprint density at radius 1 is 1.69 bits per heavy atom. The average Bonchev–Trinajstić information content (AvgIpc) is 2.49. The Labute approximate surface area is 78.9 Å². The van der Waals surface area contributed by atoms with Crippen LogP contribution in [0.25, 0.3) is 0 Å². The van der Waals surface area contributed by atoms with E-state index in [-0.39, 0.29) is 0 Å². The fourth-order valence-corrected chi connectivity index (χ4v) is 1.15. The van der Waals surface area contributed by atoms with Gasteiger partial charge in [0.2, 0.25) is 0 Å². The highest BCUT2D eigenvalue weighted by Crippen LogP contribution is 2.04. The second-order valence-corrected chi connectivity index (χ2v) is 3.34. The number of aromatic nitrogens is 2. The van der Waals surface area contributed by atoms with Crippen LogP contribution in [-0.4, -0.2) is 30.0 Å². The first-order valence-electron chi connectivity index (χ1n) is 4.44. The Kier molecular flexibility index (Phi) is 3.76. The Morgan fingerprint density at radius 2 is 2.46 bits per heavy atom. The Hall–Kier alpha value is -1.03. The van der Waals surface area contributed by atoms with Gasteiger partial charge in [0.1, 0.15) is 0 Å². The molecule has 1 aromatic heterocycles. The Balaban J connectivity index is 2.26. The van der Waals surface area contributed by atoms with Gasteiger partial charge in [0.05, 0.1) is 18.5 Å². The van der Waals surface area contributed by atoms with Gasteiger partial charge in [0.25, 0.3) is 0 Å². The van der Waals surface area contributed by atoms with Gasteiger partial charge >= 0.3 is 0 Å². The smallest absolute Gasteiger partial charge is 0.0726 e. The van der Waals surface area contributed by atoms with Crippen molar-refractivity contribution >= 4 is 5.69 Å². The average molecular weight is 183 g/mol. The first kappa shape index (κ1) is 10.1. The van der Waals surface area contributed by atoms with Gasteiger partial charge in [-0.05, 0) is 5.92 Å². The van der Waals surface area contributed by atoms with Crippen LogP contribution in [0.2, 0.25) is 0 Å². The zero-order valence-electron chi connectivity index (χ0n) is 8.45. The van der Waals surface area contributed by atoms with Crippen LogP contribution in [0.15, 0.2) is 12.4 Å².